The van der Waals surface area contributed by atoms with Crippen molar-refractivity contribution >= 4 is 5.96 Å². The van der Waals surface area contributed by atoms with Crippen molar-refractivity contribution in [3.63, 3.8) is 0 Å². The van der Waals surface area contributed by atoms with E-state index in [1.807, 2.05) is 29.1 Å². The first-order valence-electron chi connectivity index (χ1n) is 10.3. The number of morpholine rings is 1. The third-order valence-corrected chi connectivity index (χ3v) is 4.95. The number of aliphatic imine (C=N–C) groups is 1. The first kappa shape index (κ1) is 21.1. The fraction of sp³-hybridized carbons (Fsp3) is 0.524. The first-order valence-corrected chi connectivity index (χ1v) is 10.3. The summed E-state index contributed by atoms with van der Waals surface area (Å²) in [6, 6.07) is 10.4. The number of methoxy groups -OCH3 is 1. The minimum atomic E-state index is 0.200. The number of nitrogens with one attached hydrogen (secondary N) is 2. The van der Waals surface area contributed by atoms with Gasteiger partial charge in [0, 0.05) is 38.6 Å². The third kappa shape index (κ3) is 6.47. The summed E-state index contributed by atoms with van der Waals surface area (Å²) in [5.41, 5.74) is 1.24. The van der Waals surface area contributed by atoms with Crippen LogP contribution in [0.5, 0.6) is 5.75 Å². The minimum Gasteiger partial charge on any atom is -0.497 e. The first-order chi connectivity index (χ1) is 14.3. The summed E-state index contributed by atoms with van der Waals surface area (Å²) in [6.07, 6.45) is 3.75. The number of guanidine groups is 1. The Bertz CT molecular complexity index is 726. The maximum Gasteiger partial charge on any atom is 0.191 e. The quantitative estimate of drug-likeness (QED) is 0.491. The molecule has 0 aliphatic carbocycles. The minimum absolute atomic E-state index is 0.200. The van der Waals surface area contributed by atoms with Gasteiger partial charge in [-0.1, -0.05) is 12.1 Å². The number of ether oxygens (including phenoxy) is 2. The topological polar surface area (TPSA) is 75.9 Å². The van der Waals surface area contributed by atoms with E-state index in [0.717, 1.165) is 57.6 Å². The van der Waals surface area contributed by atoms with Crippen molar-refractivity contribution in [1.29, 1.82) is 0 Å². The van der Waals surface area contributed by atoms with Gasteiger partial charge in [-0.3, -0.25) is 14.6 Å². The highest BCUT2D eigenvalue weighted by molar-refractivity contribution is 5.79. The molecule has 0 radical (unpaired) electrons. The molecule has 2 heterocycles. The Labute approximate surface area is 172 Å². The Morgan fingerprint density at radius 1 is 1.24 bits per heavy atom. The zero-order chi connectivity index (χ0) is 20.3. The molecular formula is C21H32N6O2. The van der Waals surface area contributed by atoms with E-state index in [9.17, 15) is 0 Å². The number of benzene rings is 1. The van der Waals surface area contributed by atoms with E-state index in [4.69, 9.17) is 14.5 Å². The van der Waals surface area contributed by atoms with E-state index in [0.29, 0.717) is 6.54 Å². The zero-order valence-electron chi connectivity index (χ0n) is 17.4. The van der Waals surface area contributed by atoms with Crippen LogP contribution in [0.3, 0.4) is 0 Å². The van der Waals surface area contributed by atoms with Crippen LogP contribution in [0.25, 0.3) is 0 Å². The average Bonchev–Trinajstić information content (AvgIpc) is 3.28. The number of hydrogen-bond acceptors (Lipinski definition) is 5. The second-order valence-electron chi connectivity index (χ2n) is 6.85. The lowest BCUT2D eigenvalue weighted by Gasteiger charge is -2.34. The molecule has 1 aromatic carbocycles. The van der Waals surface area contributed by atoms with Crippen molar-refractivity contribution in [3.8, 4) is 5.75 Å². The smallest absolute Gasteiger partial charge is 0.191 e. The fourth-order valence-corrected chi connectivity index (χ4v) is 3.39. The van der Waals surface area contributed by atoms with Gasteiger partial charge in [0.05, 0.1) is 39.5 Å². The summed E-state index contributed by atoms with van der Waals surface area (Å²) in [7, 11) is 1.69. The number of hydrogen-bond donors (Lipinski definition) is 2. The Balaban J connectivity index is 1.67. The Morgan fingerprint density at radius 2 is 2.03 bits per heavy atom. The van der Waals surface area contributed by atoms with E-state index in [2.05, 4.69) is 39.7 Å². The van der Waals surface area contributed by atoms with Crippen molar-refractivity contribution < 1.29 is 9.47 Å². The van der Waals surface area contributed by atoms with E-state index in [1.165, 1.54) is 5.56 Å². The maximum absolute atomic E-state index is 5.54. The number of nitrogens with zero attached hydrogens (tertiary/aromatic N) is 4. The molecule has 2 aromatic rings. The number of rotatable bonds is 9. The van der Waals surface area contributed by atoms with Crippen molar-refractivity contribution in [2.75, 3.05) is 53.0 Å². The molecule has 1 aromatic heterocycles. The molecule has 1 fully saturated rings. The van der Waals surface area contributed by atoms with Crippen LogP contribution >= 0.6 is 0 Å². The molecule has 1 saturated heterocycles. The Morgan fingerprint density at radius 3 is 2.69 bits per heavy atom. The summed E-state index contributed by atoms with van der Waals surface area (Å²) in [4.78, 5) is 7.32. The molecule has 0 saturated carbocycles. The monoisotopic (exact) mass is 400 g/mol. The predicted molar refractivity (Wildman–Crippen MR) is 114 cm³/mol. The Hall–Kier alpha value is -2.58. The van der Waals surface area contributed by atoms with Gasteiger partial charge in [-0.2, -0.15) is 5.10 Å². The van der Waals surface area contributed by atoms with Gasteiger partial charge in [-0.15, -0.1) is 0 Å². The molecule has 0 bridgehead atoms. The summed E-state index contributed by atoms with van der Waals surface area (Å²) in [5, 5.41) is 11.0. The summed E-state index contributed by atoms with van der Waals surface area (Å²) >= 11 is 0. The van der Waals surface area contributed by atoms with Crippen molar-refractivity contribution in [1.82, 2.24) is 25.3 Å². The van der Waals surface area contributed by atoms with Gasteiger partial charge >= 0.3 is 0 Å². The van der Waals surface area contributed by atoms with E-state index >= 15 is 0 Å². The number of aromatic nitrogens is 2. The normalized spacial score (nSPS) is 16.4. The zero-order valence-corrected chi connectivity index (χ0v) is 17.4. The van der Waals surface area contributed by atoms with Crippen LogP contribution in [0.4, 0.5) is 0 Å². The lowest BCUT2D eigenvalue weighted by molar-refractivity contribution is 0.0179. The third-order valence-electron chi connectivity index (χ3n) is 4.95. The van der Waals surface area contributed by atoms with Crippen LogP contribution < -0.4 is 15.4 Å². The molecule has 1 unspecified atom stereocenters. The SMILES string of the molecule is CCNC(=NCC(c1ccc(OC)cc1)N1CCOCC1)NCCn1cccn1. The van der Waals surface area contributed by atoms with Crippen LogP contribution in [0.2, 0.25) is 0 Å². The molecule has 158 valence electrons. The van der Waals surface area contributed by atoms with E-state index in [1.54, 1.807) is 13.3 Å². The van der Waals surface area contributed by atoms with Crippen molar-refractivity contribution in [2.24, 2.45) is 4.99 Å². The average molecular weight is 401 g/mol. The van der Waals surface area contributed by atoms with Crippen LogP contribution in [-0.2, 0) is 11.3 Å². The molecule has 0 amide bonds. The lowest BCUT2D eigenvalue weighted by atomic mass is 10.0. The molecule has 1 aliphatic rings. The van der Waals surface area contributed by atoms with Gasteiger partial charge in [-0.25, -0.2) is 0 Å². The fourth-order valence-electron chi connectivity index (χ4n) is 3.39. The molecule has 2 N–H and O–H groups in total. The Kier molecular flexibility index (Phi) is 8.33. The van der Waals surface area contributed by atoms with Gasteiger partial charge in [0.1, 0.15) is 5.75 Å². The molecule has 1 aliphatic heterocycles. The molecular weight excluding hydrogens is 368 g/mol. The maximum atomic E-state index is 5.54. The second-order valence-corrected chi connectivity index (χ2v) is 6.85. The predicted octanol–water partition coefficient (Wildman–Crippen LogP) is 1.52. The van der Waals surface area contributed by atoms with Crippen LogP contribution in [0, 0.1) is 0 Å². The van der Waals surface area contributed by atoms with Crippen LogP contribution in [0.1, 0.15) is 18.5 Å². The highest BCUT2D eigenvalue weighted by Gasteiger charge is 2.22. The van der Waals surface area contributed by atoms with Crippen LogP contribution in [0.15, 0.2) is 47.7 Å². The highest BCUT2D eigenvalue weighted by Crippen LogP contribution is 2.24. The van der Waals surface area contributed by atoms with Gasteiger partial charge in [0.2, 0.25) is 0 Å². The summed E-state index contributed by atoms with van der Waals surface area (Å²) < 4.78 is 12.8. The van der Waals surface area contributed by atoms with Gasteiger partial charge in [0.15, 0.2) is 5.96 Å². The molecule has 8 heteroatoms. The van der Waals surface area contributed by atoms with Gasteiger partial charge in [0.25, 0.3) is 0 Å². The molecule has 0 spiro atoms. The lowest BCUT2D eigenvalue weighted by Crippen LogP contribution is -2.42. The van der Waals surface area contributed by atoms with Gasteiger partial charge < -0.3 is 20.1 Å². The molecule has 29 heavy (non-hydrogen) atoms. The van der Waals surface area contributed by atoms with Crippen molar-refractivity contribution in [3.05, 3.63) is 48.3 Å². The summed E-state index contributed by atoms with van der Waals surface area (Å²) in [6.45, 7) is 8.47. The highest BCUT2D eigenvalue weighted by atomic mass is 16.5. The summed E-state index contributed by atoms with van der Waals surface area (Å²) in [5.74, 6) is 1.69. The second kappa shape index (κ2) is 11.4. The molecule has 3 rings (SSSR count). The van der Waals surface area contributed by atoms with Crippen LogP contribution in [-0.4, -0.2) is 73.7 Å². The largest absolute Gasteiger partial charge is 0.497 e. The standard InChI is InChI=1S/C21H32N6O2/c1-3-22-21(23-10-12-27-11-4-9-25-27)24-17-20(26-13-15-29-16-14-26)18-5-7-19(28-2)8-6-18/h4-9,11,20H,3,10,12-17H2,1-2H3,(H2,22,23,24). The molecule has 1 atom stereocenters. The van der Waals surface area contributed by atoms with Gasteiger partial charge in [-0.05, 0) is 30.7 Å². The van der Waals surface area contributed by atoms with Crippen molar-refractivity contribution in [2.45, 2.75) is 19.5 Å². The van der Waals surface area contributed by atoms with E-state index < -0.39 is 0 Å². The molecule has 8 nitrogen and oxygen atoms in total. The van der Waals surface area contributed by atoms with E-state index in [-0.39, 0.29) is 6.04 Å².